The standard InChI is InChI=1S/C8H16F2/c1-3-4-5-6-7(2)8(9)10/h7-8H,3-6H2,1-2H3. The van der Waals surface area contributed by atoms with Crippen molar-refractivity contribution >= 4 is 0 Å². The van der Waals surface area contributed by atoms with Crippen molar-refractivity contribution in [3.05, 3.63) is 0 Å². The van der Waals surface area contributed by atoms with E-state index in [1.165, 1.54) is 0 Å². The van der Waals surface area contributed by atoms with Crippen molar-refractivity contribution in [1.29, 1.82) is 0 Å². The highest BCUT2D eigenvalue weighted by molar-refractivity contribution is 4.54. The van der Waals surface area contributed by atoms with Crippen LogP contribution in [0.4, 0.5) is 8.78 Å². The SMILES string of the molecule is CCCCCC(C)C(F)F. The Hall–Kier alpha value is -0.140. The lowest BCUT2D eigenvalue weighted by molar-refractivity contribution is 0.0805. The molecule has 0 N–H and O–H groups in total. The van der Waals surface area contributed by atoms with Gasteiger partial charge >= 0.3 is 0 Å². The maximum Gasteiger partial charge on any atom is 0.241 e. The zero-order valence-corrected chi connectivity index (χ0v) is 6.74. The zero-order valence-electron chi connectivity index (χ0n) is 6.74. The van der Waals surface area contributed by atoms with E-state index in [0.29, 0.717) is 6.42 Å². The Labute approximate surface area is 61.6 Å². The number of rotatable bonds is 5. The Morgan fingerprint density at radius 2 is 1.80 bits per heavy atom. The van der Waals surface area contributed by atoms with Crippen LogP contribution in [0.5, 0.6) is 0 Å². The van der Waals surface area contributed by atoms with Crippen LogP contribution in [-0.4, -0.2) is 6.43 Å². The first-order valence-electron chi connectivity index (χ1n) is 3.96. The summed E-state index contributed by atoms with van der Waals surface area (Å²) in [5.41, 5.74) is 0. The van der Waals surface area contributed by atoms with E-state index in [1.807, 2.05) is 0 Å². The number of hydrogen-bond acceptors (Lipinski definition) is 0. The topological polar surface area (TPSA) is 0 Å². The molecule has 0 nitrogen and oxygen atoms in total. The van der Waals surface area contributed by atoms with E-state index in [4.69, 9.17) is 0 Å². The second kappa shape index (κ2) is 5.63. The largest absolute Gasteiger partial charge is 0.241 e. The molecule has 0 aliphatic carbocycles. The Balaban J connectivity index is 3.13. The summed E-state index contributed by atoms with van der Waals surface area (Å²) in [7, 11) is 0. The minimum atomic E-state index is -2.13. The summed E-state index contributed by atoms with van der Waals surface area (Å²) in [6, 6.07) is 0. The molecule has 1 atom stereocenters. The quantitative estimate of drug-likeness (QED) is 0.526. The Morgan fingerprint density at radius 1 is 1.20 bits per heavy atom. The average Bonchev–Trinajstić information content (AvgIpc) is 1.88. The first-order valence-corrected chi connectivity index (χ1v) is 3.96. The fraction of sp³-hybridized carbons (Fsp3) is 1.00. The second-order valence-corrected chi connectivity index (χ2v) is 2.81. The highest BCUT2D eigenvalue weighted by atomic mass is 19.3. The van der Waals surface area contributed by atoms with Gasteiger partial charge < -0.3 is 0 Å². The van der Waals surface area contributed by atoms with Gasteiger partial charge in [0.15, 0.2) is 0 Å². The van der Waals surface area contributed by atoms with Gasteiger partial charge in [-0.25, -0.2) is 8.78 Å². The van der Waals surface area contributed by atoms with Crippen LogP contribution < -0.4 is 0 Å². The number of hydrogen-bond donors (Lipinski definition) is 0. The van der Waals surface area contributed by atoms with Gasteiger partial charge in [0.1, 0.15) is 0 Å². The van der Waals surface area contributed by atoms with Crippen LogP contribution in [0, 0.1) is 5.92 Å². The number of alkyl halides is 2. The van der Waals surface area contributed by atoms with Crippen molar-refractivity contribution in [3.63, 3.8) is 0 Å². The summed E-state index contributed by atoms with van der Waals surface area (Å²) in [5.74, 6) is -0.411. The normalized spacial score (nSPS) is 14.1. The summed E-state index contributed by atoms with van der Waals surface area (Å²) in [6.07, 6.45) is 1.68. The molecule has 0 aromatic rings. The van der Waals surface area contributed by atoms with Crippen LogP contribution in [0.25, 0.3) is 0 Å². The molecule has 0 heterocycles. The van der Waals surface area contributed by atoms with E-state index in [2.05, 4.69) is 6.92 Å². The zero-order chi connectivity index (χ0) is 7.98. The van der Waals surface area contributed by atoms with Crippen LogP contribution in [0.2, 0.25) is 0 Å². The van der Waals surface area contributed by atoms with Gasteiger partial charge in [-0.1, -0.05) is 33.1 Å². The van der Waals surface area contributed by atoms with Crippen LogP contribution in [0.15, 0.2) is 0 Å². The van der Waals surface area contributed by atoms with E-state index in [-0.39, 0.29) is 0 Å². The predicted octanol–water partition coefficient (Wildman–Crippen LogP) is 3.47. The average molecular weight is 150 g/mol. The summed E-state index contributed by atoms with van der Waals surface area (Å²) in [4.78, 5) is 0. The van der Waals surface area contributed by atoms with Crippen LogP contribution in [-0.2, 0) is 0 Å². The van der Waals surface area contributed by atoms with Crippen LogP contribution in [0.3, 0.4) is 0 Å². The molecule has 2 heteroatoms. The monoisotopic (exact) mass is 150 g/mol. The summed E-state index contributed by atoms with van der Waals surface area (Å²) >= 11 is 0. The van der Waals surface area contributed by atoms with Crippen LogP contribution in [0.1, 0.15) is 39.5 Å². The molecule has 0 amide bonds. The van der Waals surface area contributed by atoms with E-state index in [9.17, 15) is 8.78 Å². The molecule has 0 saturated carbocycles. The molecule has 0 radical (unpaired) electrons. The predicted molar refractivity (Wildman–Crippen MR) is 39.3 cm³/mol. The van der Waals surface area contributed by atoms with E-state index in [0.717, 1.165) is 19.3 Å². The van der Waals surface area contributed by atoms with Crippen molar-refractivity contribution in [2.75, 3.05) is 0 Å². The first kappa shape index (κ1) is 9.86. The van der Waals surface area contributed by atoms with Gasteiger partial charge in [0.2, 0.25) is 6.43 Å². The number of halogens is 2. The third-order valence-electron chi connectivity index (χ3n) is 1.69. The van der Waals surface area contributed by atoms with Gasteiger partial charge in [0, 0.05) is 5.92 Å². The molecular formula is C8H16F2. The molecule has 0 rings (SSSR count). The van der Waals surface area contributed by atoms with Gasteiger partial charge in [0.05, 0.1) is 0 Å². The minimum absolute atomic E-state index is 0.411. The smallest absolute Gasteiger partial charge is 0.210 e. The van der Waals surface area contributed by atoms with Gasteiger partial charge in [0.25, 0.3) is 0 Å². The molecule has 62 valence electrons. The van der Waals surface area contributed by atoms with Gasteiger partial charge in [-0.2, -0.15) is 0 Å². The van der Waals surface area contributed by atoms with Crippen molar-refractivity contribution in [3.8, 4) is 0 Å². The fourth-order valence-corrected chi connectivity index (χ4v) is 0.842. The van der Waals surface area contributed by atoms with E-state index < -0.39 is 12.3 Å². The first-order chi connectivity index (χ1) is 4.68. The lowest BCUT2D eigenvalue weighted by atomic mass is 10.0. The van der Waals surface area contributed by atoms with Crippen molar-refractivity contribution < 1.29 is 8.78 Å². The molecule has 0 aliphatic heterocycles. The van der Waals surface area contributed by atoms with Crippen molar-refractivity contribution in [2.24, 2.45) is 5.92 Å². The Bertz CT molecular complexity index is 71.7. The molecular weight excluding hydrogens is 134 g/mol. The molecule has 0 bridgehead atoms. The van der Waals surface area contributed by atoms with Crippen LogP contribution >= 0.6 is 0 Å². The maximum absolute atomic E-state index is 11.9. The molecule has 0 saturated heterocycles. The fourth-order valence-electron chi connectivity index (χ4n) is 0.842. The second-order valence-electron chi connectivity index (χ2n) is 2.81. The lowest BCUT2D eigenvalue weighted by Crippen LogP contribution is -2.05. The summed E-state index contributed by atoms with van der Waals surface area (Å²) in [5, 5.41) is 0. The maximum atomic E-state index is 11.9. The Morgan fingerprint density at radius 3 is 2.20 bits per heavy atom. The summed E-state index contributed by atoms with van der Waals surface area (Å²) < 4.78 is 23.7. The molecule has 0 spiro atoms. The molecule has 10 heavy (non-hydrogen) atoms. The molecule has 1 unspecified atom stereocenters. The van der Waals surface area contributed by atoms with E-state index in [1.54, 1.807) is 6.92 Å². The highest BCUT2D eigenvalue weighted by Gasteiger charge is 2.12. The van der Waals surface area contributed by atoms with Crippen molar-refractivity contribution in [1.82, 2.24) is 0 Å². The third-order valence-corrected chi connectivity index (χ3v) is 1.69. The minimum Gasteiger partial charge on any atom is -0.210 e. The summed E-state index contributed by atoms with van der Waals surface area (Å²) in [6.45, 7) is 3.69. The lowest BCUT2D eigenvalue weighted by Gasteiger charge is -2.08. The van der Waals surface area contributed by atoms with Gasteiger partial charge in [-0.05, 0) is 6.42 Å². The van der Waals surface area contributed by atoms with Gasteiger partial charge in [-0.15, -0.1) is 0 Å². The highest BCUT2D eigenvalue weighted by Crippen LogP contribution is 2.16. The van der Waals surface area contributed by atoms with E-state index >= 15 is 0 Å². The molecule has 0 aliphatic rings. The molecule has 0 fully saturated rings. The number of unbranched alkanes of at least 4 members (excludes halogenated alkanes) is 2. The third kappa shape index (κ3) is 4.71. The molecule has 0 aromatic carbocycles. The molecule has 0 aromatic heterocycles. The van der Waals surface area contributed by atoms with Crippen molar-refractivity contribution in [2.45, 2.75) is 46.0 Å². The van der Waals surface area contributed by atoms with Gasteiger partial charge in [-0.3, -0.25) is 0 Å². The Kier molecular flexibility index (Phi) is 5.55.